The maximum Gasteiger partial charge on any atom is 0.246 e. The van der Waals surface area contributed by atoms with Crippen LogP contribution >= 0.6 is 0 Å². The van der Waals surface area contributed by atoms with Crippen molar-refractivity contribution in [2.24, 2.45) is 0 Å². The normalized spacial score (nSPS) is 23.4. The van der Waals surface area contributed by atoms with Crippen LogP contribution in [-0.2, 0) is 4.79 Å². The van der Waals surface area contributed by atoms with Crippen LogP contribution < -0.4 is 15.5 Å². The second kappa shape index (κ2) is 4.83. The summed E-state index contributed by atoms with van der Waals surface area (Å²) in [7, 11) is 3.96. The van der Waals surface area contributed by atoms with Crippen molar-refractivity contribution in [3.8, 4) is 0 Å². The number of carbonyl (C=O) groups is 1. The summed E-state index contributed by atoms with van der Waals surface area (Å²) in [6, 6.07) is 6.06. The van der Waals surface area contributed by atoms with E-state index in [0.29, 0.717) is 0 Å². The fourth-order valence-electron chi connectivity index (χ4n) is 2.80. The summed E-state index contributed by atoms with van der Waals surface area (Å²) in [6.45, 7) is 4.25. The molecule has 1 fully saturated rings. The van der Waals surface area contributed by atoms with Crippen LogP contribution in [0.25, 0.3) is 0 Å². The van der Waals surface area contributed by atoms with E-state index >= 15 is 0 Å². The van der Waals surface area contributed by atoms with E-state index in [1.807, 2.05) is 7.05 Å². The molecule has 0 bridgehead atoms. The van der Waals surface area contributed by atoms with Crippen LogP contribution in [0.3, 0.4) is 0 Å². The molecule has 1 aromatic carbocycles. The highest BCUT2D eigenvalue weighted by Crippen LogP contribution is 2.34. The van der Waals surface area contributed by atoms with Gasteiger partial charge in [0.1, 0.15) is 6.04 Å². The molecule has 19 heavy (non-hydrogen) atoms. The number of carbonyl (C=O) groups excluding carboxylic acids is 1. The van der Waals surface area contributed by atoms with Crippen molar-refractivity contribution in [2.75, 3.05) is 50.5 Å². The van der Waals surface area contributed by atoms with Gasteiger partial charge in [-0.2, -0.15) is 0 Å². The number of nitrogens with one attached hydrogen (secondary N) is 2. The quantitative estimate of drug-likeness (QED) is 0.820. The molecule has 2 aliphatic heterocycles. The number of anilines is 2. The Kier molecular flexibility index (Phi) is 3.16. The predicted molar refractivity (Wildman–Crippen MR) is 76.6 cm³/mol. The fourth-order valence-corrected chi connectivity index (χ4v) is 2.80. The molecular formula is C14H20N4O. The predicted octanol–water partition coefficient (Wildman–Crippen LogP) is 0.651. The molecule has 5 heteroatoms. The first-order valence-corrected chi connectivity index (χ1v) is 6.74. The van der Waals surface area contributed by atoms with Crippen molar-refractivity contribution in [1.82, 2.24) is 10.2 Å². The van der Waals surface area contributed by atoms with Gasteiger partial charge in [0, 0.05) is 43.1 Å². The van der Waals surface area contributed by atoms with Gasteiger partial charge in [-0.3, -0.25) is 4.79 Å². The van der Waals surface area contributed by atoms with E-state index < -0.39 is 0 Å². The standard InChI is InChI=1S/C14H20N4O/c1-15-13-11-4-3-10(9-12(11)16-14(13)19)18-7-5-17(2)6-8-18/h3-4,9,13,15H,5-8H2,1-2H3,(H,16,19). The first-order chi connectivity index (χ1) is 9.19. The highest BCUT2D eigenvalue weighted by Gasteiger charge is 2.29. The summed E-state index contributed by atoms with van der Waals surface area (Å²) in [6.07, 6.45) is 0. The summed E-state index contributed by atoms with van der Waals surface area (Å²) >= 11 is 0. The first kappa shape index (κ1) is 12.4. The molecule has 1 saturated heterocycles. The molecule has 2 N–H and O–H groups in total. The number of benzene rings is 1. The highest BCUT2D eigenvalue weighted by atomic mass is 16.2. The number of hydrogen-bond donors (Lipinski definition) is 2. The number of amides is 1. The third-order valence-corrected chi connectivity index (χ3v) is 4.03. The molecule has 0 spiro atoms. The van der Waals surface area contributed by atoms with Crippen molar-refractivity contribution in [1.29, 1.82) is 0 Å². The van der Waals surface area contributed by atoms with Crippen LogP contribution in [0.2, 0.25) is 0 Å². The van der Waals surface area contributed by atoms with Gasteiger partial charge in [-0.25, -0.2) is 0 Å². The van der Waals surface area contributed by atoms with Crippen LogP contribution in [-0.4, -0.2) is 51.1 Å². The van der Waals surface area contributed by atoms with Gasteiger partial charge in [-0.05, 0) is 26.2 Å². The summed E-state index contributed by atoms with van der Waals surface area (Å²) in [5.41, 5.74) is 3.19. The zero-order chi connectivity index (χ0) is 13.4. The molecule has 1 unspecified atom stereocenters. The lowest BCUT2D eigenvalue weighted by molar-refractivity contribution is -0.117. The first-order valence-electron chi connectivity index (χ1n) is 6.74. The van der Waals surface area contributed by atoms with Gasteiger partial charge >= 0.3 is 0 Å². The van der Waals surface area contributed by atoms with E-state index in [0.717, 1.165) is 37.4 Å². The SMILES string of the molecule is CNC1C(=O)Nc2cc(N3CCN(C)CC3)ccc21. The Balaban J connectivity index is 1.83. The molecule has 0 radical (unpaired) electrons. The molecule has 5 nitrogen and oxygen atoms in total. The highest BCUT2D eigenvalue weighted by molar-refractivity contribution is 6.03. The van der Waals surface area contributed by atoms with Gasteiger partial charge in [-0.1, -0.05) is 6.07 Å². The molecule has 1 amide bonds. The monoisotopic (exact) mass is 260 g/mol. The van der Waals surface area contributed by atoms with E-state index in [4.69, 9.17) is 0 Å². The molecular weight excluding hydrogens is 240 g/mol. The van der Waals surface area contributed by atoms with Gasteiger partial charge in [0.15, 0.2) is 0 Å². The van der Waals surface area contributed by atoms with E-state index in [-0.39, 0.29) is 11.9 Å². The van der Waals surface area contributed by atoms with Gasteiger partial charge in [0.25, 0.3) is 0 Å². The second-order valence-corrected chi connectivity index (χ2v) is 5.27. The number of piperazine rings is 1. The minimum Gasteiger partial charge on any atom is -0.369 e. The van der Waals surface area contributed by atoms with Crippen molar-refractivity contribution in [3.05, 3.63) is 23.8 Å². The van der Waals surface area contributed by atoms with Gasteiger partial charge in [-0.15, -0.1) is 0 Å². The van der Waals surface area contributed by atoms with E-state index in [1.54, 1.807) is 0 Å². The number of rotatable bonds is 2. The fraction of sp³-hybridized carbons (Fsp3) is 0.500. The van der Waals surface area contributed by atoms with E-state index in [9.17, 15) is 4.79 Å². The third kappa shape index (κ3) is 2.19. The van der Waals surface area contributed by atoms with E-state index in [1.165, 1.54) is 5.69 Å². The molecule has 2 heterocycles. The van der Waals surface area contributed by atoms with Gasteiger partial charge in [0.05, 0.1) is 0 Å². The van der Waals surface area contributed by atoms with Crippen LogP contribution in [0.4, 0.5) is 11.4 Å². The summed E-state index contributed by atoms with van der Waals surface area (Å²) in [5, 5.41) is 5.99. The zero-order valence-corrected chi connectivity index (χ0v) is 11.4. The maximum absolute atomic E-state index is 11.8. The zero-order valence-electron chi connectivity index (χ0n) is 11.4. The summed E-state index contributed by atoms with van der Waals surface area (Å²) in [5.74, 6) is 0.0352. The van der Waals surface area contributed by atoms with Crippen molar-refractivity contribution >= 4 is 17.3 Å². The van der Waals surface area contributed by atoms with Crippen molar-refractivity contribution in [2.45, 2.75) is 6.04 Å². The lowest BCUT2D eigenvalue weighted by atomic mass is 10.1. The summed E-state index contributed by atoms with van der Waals surface area (Å²) in [4.78, 5) is 16.5. The number of fused-ring (bicyclic) bond motifs is 1. The van der Waals surface area contributed by atoms with Crippen LogP contribution in [0.15, 0.2) is 18.2 Å². The lowest BCUT2D eigenvalue weighted by Crippen LogP contribution is -2.44. The Bertz CT molecular complexity index is 494. The number of likely N-dealkylation sites (N-methyl/N-ethyl adjacent to an activating group) is 2. The number of nitrogens with zero attached hydrogens (tertiary/aromatic N) is 2. The van der Waals surface area contributed by atoms with Crippen LogP contribution in [0.1, 0.15) is 11.6 Å². The average molecular weight is 260 g/mol. The molecule has 0 aromatic heterocycles. The Morgan fingerprint density at radius 1 is 1.26 bits per heavy atom. The molecule has 3 rings (SSSR count). The Hall–Kier alpha value is -1.59. The number of hydrogen-bond acceptors (Lipinski definition) is 4. The minimum absolute atomic E-state index is 0.0352. The molecule has 1 atom stereocenters. The maximum atomic E-state index is 11.8. The topological polar surface area (TPSA) is 47.6 Å². The largest absolute Gasteiger partial charge is 0.369 e. The van der Waals surface area contributed by atoms with Crippen LogP contribution in [0.5, 0.6) is 0 Å². The van der Waals surface area contributed by atoms with E-state index in [2.05, 4.69) is 45.7 Å². The van der Waals surface area contributed by atoms with Crippen molar-refractivity contribution < 1.29 is 4.79 Å². The lowest BCUT2D eigenvalue weighted by Gasteiger charge is -2.34. The van der Waals surface area contributed by atoms with Crippen LogP contribution in [0, 0.1) is 0 Å². The summed E-state index contributed by atoms with van der Waals surface area (Å²) < 4.78 is 0. The third-order valence-electron chi connectivity index (χ3n) is 4.03. The van der Waals surface area contributed by atoms with Gasteiger partial charge < -0.3 is 20.4 Å². The smallest absolute Gasteiger partial charge is 0.246 e. The van der Waals surface area contributed by atoms with Gasteiger partial charge in [0.2, 0.25) is 5.91 Å². The molecule has 102 valence electrons. The van der Waals surface area contributed by atoms with Crippen molar-refractivity contribution in [3.63, 3.8) is 0 Å². The average Bonchev–Trinajstić information content (AvgIpc) is 2.73. The second-order valence-electron chi connectivity index (χ2n) is 5.27. The molecule has 2 aliphatic rings. The molecule has 0 aliphatic carbocycles. The molecule has 0 saturated carbocycles. The Labute approximate surface area is 113 Å². The molecule has 1 aromatic rings. The minimum atomic E-state index is -0.212. The Morgan fingerprint density at radius 2 is 2.00 bits per heavy atom. The Morgan fingerprint density at radius 3 is 2.68 bits per heavy atom.